The number of hydrogen-bond donors (Lipinski definition) is 1. The van der Waals surface area contributed by atoms with Crippen molar-refractivity contribution in [2.24, 2.45) is 0 Å². The van der Waals surface area contributed by atoms with Gasteiger partial charge in [0.25, 0.3) is 0 Å². The molecule has 0 radical (unpaired) electrons. The second-order valence-electron chi connectivity index (χ2n) is 3.80. The molecule has 2 N–H and O–H groups in total. The first kappa shape index (κ1) is 9.14. The second kappa shape index (κ2) is 3.48. The number of nitrogens with two attached hydrogens (primary N) is 1. The molecule has 2 aromatic heterocycles. The fraction of sp³-hybridized carbons (Fsp3) is 0.300. The van der Waals surface area contributed by atoms with Crippen LogP contribution in [0.25, 0.3) is 0 Å². The quantitative estimate of drug-likeness (QED) is 0.741. The smallest absolute Gasteiger partial charge is 0.152 e. The molecule has 1 aliphatic rings. The van der Waals surface area contributed by atoms with Crippen LogP contribution >= 0.6 is 0 Å². The minimum atomic E-state index is 0.545. The summed E-state index contributed by atoms with van der Waals surface area (Å²) in [6.07, 6.45) is 3.56. The van der Waals surface area contributed by atoms with Crippen molar-refractivity contribution in [2.45, 2.75) is 13.1 Å². The molecule has 0 atom stereocenters. The van der Waals surface area contributed by atoms with Crippen LogP contribution in [0.4, 0.5) is 11.5 Å². The van der Waals surface area contributed by atoms with Gasteiger partial charge in [0.05, 0.1) is 18.4 Å². The van der Waals surface area contributed by atoms with Crippen LogP contribution in [0.2, 0.25) is 0 Å². The van der Waals surface area contributed by atoms with E-state index in [1.807, 2.05) is 12.1 Å². The lowest BCUT2D eigenvalue weighted by molar-refractivity contribution is 0.559. The monoisotopic (exact) mass is 216 g/mol. The van der Waals surface area contributed by atoms with Crippen molar-refractivity contribution in [3.8, 4) is 0 Å². The maximum absolute atomic E-state index is 5.56. The Bertz CT molecular complexity index is 488. The lowest BCUT2D eigenvalue weighted by atomic mass is 10.3. The van der Waals surface area contributed by atoms with Crippen LogP contribution in [0.1, 0.15) is 5.82 Å². The topological polar surface area (TPSA) is 72.9 Å². The standard InChI is InChI=1S/C10H12N6/c11-9-2-1-8(5-12-9)15-3-4-16-7-13-14-10(16)6-15/h1-2,5,7H,3-4,6H2,(H2,11,12). The first-order chi connectivity index (χ1) is 7.83. The molecule has 0 aromatic carbocycles. The van der Waals surface area contributed by atoms with E-state index >= 15 is 0 Å². The van der Waals surface area contributed by atoms with Crippen molar-refractivity contribution in [1.29, 1.82) is 0 Å². The maximum Gasteiger partial charge on any atom is 0.152 e. The third kappa shape index (κ3) is 1.48. The van der Waals surface area contributed by atoms with E-state index in [9.17, 15) is 0 Å². The van der Waals surface area contributed by atoms with E-state index in [-0.39, 0.29) is 0 Å². The normalized spacial score (nSPS) is 14.9. The molecule has 82 valence electrons. The fourth-order valence-corrected chi connectivity index (χ4v) is 1.87. The van der Waals surface area contributed by atoms with Gasteiger partial charge >= 0.3 is 0 Å². The number of rotatable bonds is 1. The van der Waals surface area contributed by atoms with Gasteiger partial charge in [0.1, 0.15) is 12.1 Å². The Morgan fingerprint density at radius 2 is 2.19 bits per heavy atom. The van der Waals surface area contributed by atoms with Crippen molar-refractivity contribution in [2.75, 3.05) is 17.2 Å². The minimum Gasteiger partial charge on any atom is -0.384 e. The third-order valence-corrected chi connectivity index (χ3v) is 2.77. The molecule has 6 heteroatoms. The van der Waals surface area contributed by atoms with Crippen LogP contribution < -0.4 is 10.6 Å². The van der Waals surface area contributed by atoms with E-state index in [0.717, 1.165) is 31.1 Å². The highest BCUT2D eigenvalue weighted by Crippen LogP contribution is 2.19. The molecule has 0 spiro atoms. The summed E-state index contributed by atoms with van der Waals surface area (Å²) in [5.41, 5.74) is 6.63. The molecule has 16 heavy (non-hydrogen) atoms. The average Bonchev–Trinajstić information content (AvgIpc) is 2.77. The Morgan fingerprint density at radius 3 is 3.00 bits per heavy atom. The van der Waals surface area contributed by atoms with E-state index < -0.39 is 0 Å². The highest BCUT2D eigenvalue weighted by Gasteiger charge is 2.17. The average molecular weight is 216 g/mol. The molecule has 0 amide bonds. The highest BCUT2D eigenvalue weighted by molar-refractivity contribution is 5.48. The summed E-state index contributed by atoms with van der Waals surface area (Å²) in [7, 11) is 0. The van der Waals surface area contributed by atoms with Gasteiger partial charge in [-0.1, -0.05) is 0 Å². The summed E-state index contributed by atoms with van der Waals surface area (Å²) >= 11 is 0. The van der Waals surface area contributed by atoms with Crippen LogP contribution in [0.3, 0.4) is 0 Å². The van der Waals surface area contributed by atoms with Crippen molar-refractivity contribution >= 4 is 11.5 Å². The van der Waals surface area contributed by atoms with Gasteiger partial charge in [0, 0.05) is 13.1 Å². The molecule has 0 bridgehead atoms. The summed E-state index contributed by atoms with van der Waals surface area (Å²) in [5, 5.41) is 7.97. The Labute approximate surface area is 92.7 Å². The number of fused-ring (bicyclic) bond motifs is 1. The van der Waals surface area contributed by atoms with Crippen LogP contribution in [0, 0.1) is 0 Å². The van der Waals surface area contributed by atoms with Gasteiger partial charge in [-0.15, -0.1) is 10.2 Å². The zero-order valence-electron chi connectivity index (χ0n) is 8.74. The molecule has 0 saturated carbocycles. The van der Waals surface area contributed by atoms with Gasteiger partial charge in [0.2, 0.25) is 0 Å². The molecule has 1 aliphatic heterocycles. The molecule has 0 aliphatic carbocycles. The van der Waals surface area contributed by atoms with Crippen LogP contribution in [-0.4, -0.2) is 26.3 Å². The third-order valence-electron chi connectivity index (χ3n) is 2.77. The minimum absolute atomic E-state index is 0.545. The zero-order valence-corrected chi connectivity index (χ0v) is 8.74. The SMILES string of the molecule is Nc1ccc(N2CCn3cnnc3C2)cn1. The van der Waals surface area contributed by atoms with Gasteiger partial charge in [-0.25, -0.2) is 4.98 Å². The number of pyridine rings is 1. The number of aromatic nitrogens is 4. The number of anilines is 2. The first-order valence-corrected chi connectivity index (χ1v) is 5.16. The highest BCUT2D eigenvalue weighted by atomic mass is 15.3. The van der Waals surface area contributed by atoms with Crippen molar-refractivity contribution < 1.29 is 0 Å². The Morgan fingerprint density at radius 1 is 1.25 bits per heavy atom. The summed E-state index contributed by atoms with van der Waals surface area (Å²) in [5.74, 6) is 1.53. The van der Waals surface area contributed by atoms with E-state index in [1.165, 1.54) is 0 Å². The van der Waals surface area contributed by atoms with Crippen LogP contribution in [0.15, 0.2) is 24.7 Å². The molecule has 3 heterocycles. The Kier molecular flexibility index (Phi) is 1.99. The first-order valence-electron chi connectivity index (χ1n) is 5.16. The van der Waals surface area contributed by atoms with Gasteiger partial charge in [-0.2, -0.15) is 0 Å². The van der Waals surface area contributed by atoms with Gasteiger partial charge < -0.3 is 15.2 Å². The van der Waals surface area contributed by atoms with Crippen molar-refractivity contribution in [1.82, 2.24) is 19.7 Å². The largest absolute Gasteiger partial charge is 0.384 e. The predicted molar refractivity (Wildman–Crippen MR) is 59.7 cm³/mol. The maximum atomic E-state index is 5.56. The van der Waals surface area contributed by atoms with Crippen LogP contribution in [-0.2, 0) is 13.1 Å². The van der Waals surface area contributed by atoms with Crippen molar-refractivity contribution in [3.05, 3.63) is 30.5 Å². The van der Waals surface area contributed by atoms with E-state index in [0.29, 0.717) is 5.82 Å². The molecule has 0 fully saturated rings. The van der Waals surface area contributed by atoms with Crippen molar-refractivity contribution in [3.63, 3.8) is 0 Å². The fourth-order valence-electron chi connectivity index (χ4n) is 1.87. The summed E-state index contributed by atoms with van der Waals surface area (Å²) in [4.78, 5) is 6.31. The summed E-state index contributed by atoms with van der Waals surface area (Å²) < 4.78 is 2.07. The van der Waals surface area contributed by atoms with E-state index in [4.69, 9.17) is 5.73 Å². The Hall–Kier alpha value is -2.11. The van der Waals surface area contributed by atoms with E-state index in [1.54, 1.807) is 12.5 Å². The second-order valence-corrected chi connectivity index (χ2v) is 3.80. The van der Waals surface area contributed by atoms with Crippen LogP contribution in [0.5, 0.6) is 0 Å². The number of nitrogens with zero attached hydrogens (tertiary/aromatic N) is 5. The van der Waals surface area contributed by atoms with Gasteiger partial charge in [-0.3, -0.25) is 0 Å². The zero-order chi connectivity index (χ0) is 11.0. The molecule has 6 nitrogen and oxygen atoms in total. The Balaban J connectivity index is 1.86. The molecule has 2 aromatic rings. The molecular formula is C10H12N6. The molecule has 3 rings (SSSR count). The molecule has 0 unspecified atom stereocenters. The molecular weight excluding hydrogens is 204 g/mol. The lowest BCUT2D eigenvalue weighted by Gasteiger charge is -2.28. The number of hydrogen-bond acceptors (Lipinski definition) is 5. The summed E-state index contributed by atoms with van der Waals surface area (Å²) in [6, 6.07) is 3.79. The van der Waals surface area contributed by atoms with Gasteiger partial charge in [-0.05, 0) is 12.1 Å². The lowest BCUT2D eigenvalue weighted by Crippen LogP contribution is -2.33. The predicted octanol–water partition coefficient (Wildman–Crippen LogP) is 0.275. The summed E-state index contributed by atoms with van der Waals surface area (Å²) in [6.45, 7) is 2.62. The van der Waals surface area contributed by atoms with Gasteiger partial charge in [0.15, 0.2) is 5.82 Å². The number of nitrogen functional groups attached to an aromatic ring is 1. The molecule has 0 saturated heterocycles. The van der Waals surface area contributed by atoms with E-state index in [2.05, 4.69) is 24.6 Å².